The van der Waals surface area contributed by atoms with Crippen LogP contribution in [0, 0.1) is 0 Å². The lowest BCUT2D eigenvalue weighted by molar-refractivity contribution is 0.394. The number of benzene rings is 1. The van der Waals surface area contributed by atoms with E-state index in [1.54, 1.807) is 18.7 Å². The Morgan fingerprint density at radius 1 is 1.00 bits per heavy atom. The van der Waals surface area contributed by atoms with E-state index < -0.39 is 0 Å². The summed E-state index contributed by atoms with van der Waals surface area (Å²) in [7, 11) is 3.24. The van der Waals surface area contributed by atoms with Gasteiger partial charge in [0.2, 0.25) is 0 Å². The zero-order valence-electron chi connectivity index (χ0n) is 10.7. The number of rotatable bonds is 3. The summed E-state index contributed by atoms with van der Waals surface area (Å²) in [6, 6.07) is 11.3. The van der Waals surface area contributed by atoms with E-state index in [0.29, 0.717) is 17.3 Å². The number of methoxy groups -OCH3 is 2. The van der Waals surface area contributed by atoms with Crippen molar-refractivity contribution in [2.24, 2.45) is 0 Å². The molecule has 0 N–H and O–H groups in total. The Bertz CT molecular complexity index is 666. The topological polar surface area (TPSA) is 48.7 Å². The maximum atomic E-state index is 5.25. The second kappa shape index (κ2) is 4.61. The van der Waals surface area contributed by atoms with E-state index in [2.05, 4.69) is 10.1 Å². The molecule has 0 aliphatic carbocycles. The zero-order chi connectivity index (χ0) is 13.2. The standard InChI is InChI=1S/C14H13N3O2/c1-18-11-7-10(8-12(9-11)19-2)14-15-13-5-3-4-6-17(13)16-14/h3-9H,1-2H3. The Morgan fingerprint density at radius 2 is 1.74 bits per heavy atom. The van der Waals surface area contributed by atoms with Gasteiger partial charge in [0.25, 0.3) is 0 Å². The predicted octanol–water partition coefficient (Wildman–Crippen LogP) is 2.41. The van der Waals surface area contributed by atoms with Crippen LogP contribution in [0.3, 0.4) is 0 Å². The van der Waals surface area contributed by atoms with Gasteiger partial charge >= 0.3 is 0 Å². The van der Waals surface area contributed by atoms with Gasteiger partial charge in [-0.3, -0.25) is 0 Å². The number of aromatic nitrogens is 3. The van der Waals surface area contributed by atoms with Crippen LogP contribution in [0.4, 0.5) is 0 Å². The summed E-state index contributed by atoms with van der Waals surface area (Å²) in [5, 5.41) is 4.43. The molecule has 0 unspecified atom stereocenters. The van der Waals surface area contributed by atoms with E-state index in [1.165, 1.54) is 0 Å². The van der Waals surface area contributed by atoms with Crippen molar-refractivity contribution in [2.45, 2.75) is 0 Å². The van der Waals surface area contributed by atoms with Gasteiger partial charge in [-0.2, -0.15) is 0 Å². The summed E-state index contributed by atoms with van der Waals surface area (Å²) in [6.45, 7) is 0. The average molecular weight is 255 g/mol. The van der Waals surface area contributed by atoms with Gasteiger partial charge in [-0.15, -0.1) is 5.10 Å². The average Bonchev–Trinajstić information content (AvgIpc) is 2.90. The van der Waals surface area contributed by atoms with Crippen molar-refractivity contribution in [2.75, 3.05) is 14.2 Å². The van der Waals surface area contributed by atoms with Crippen molar-refractivity contribution < 1.29 is 9.47 Å². The van der Waals surface area contributed by atoms with Crippen LogP contribution in [-0.2, 0) is 0 Å². The summed E-state index contributed by atoms with van der Waals surface area (Å²) >= 11 is 0. The summed E-state index contributed by atoms with van der Waals surface area (Å²) in [4.78, 5) is 4.47. The Labute approximate surface area is 110 Å². The number of fused-ring (bicyclic) bond motifs is 1. The Hall–Kier alpha value is -2.56. The molecular weight excluding hydrogens is 242 g/mol. The van der Waals surface area contributed by atoms with Gasteiger partial charge in [0.15, 0.2) is 11.5 Å². The molecule has 5 nitrogen and oxygen atoms in total. The molecule has 3 aromatic rings. The molecule has 0 amide bonds. The third kappa shape index (κ3) is 2.10. The molecule has 5 heteroatoms. The fourth-order valence-corrected chi connectivity index (χ4v) is 1.89. The first-order valence-corrected chi connectivity index (χ1v) is 5.85. The van der Waals surface area contributed by atoms with Gasteiger partial charge in [0.1, 0.15) is 11.5 Å². The van der Waals surface area contributed by atoms with Crippen LogP contribution in [0.2, 0.25) is 0 Å². The number of nitrogens with zero attached hydrogens (tertiary/aromatic N) is 3. The molecule has 0 saturated heterocycles. The van der Waals surface area contributed by atoms with Crippen LogP contribution >= 0.6 is 0 Å². The van der Waals surface area contributed by atoms with Gasteiger partial charge < -0.3 is 9.47 Å². The highest BCUT2D eigenvalue weighted by Gasteiger charge is 2.09. The van der Waals surface area contributed by atoms with E-state index in [4.69, 9.17) is 9.47 Å². The molecule has 0 radical (unpaired) electrons. The molecule has 2 heterocycles. The molecule has 0 bridgehead atoms. The second-order valence-corrected chi connectivity index (χ2v) is 4.04. The summed E-state index contributed by atoms with van der Waals surface area (Å²) in [6.07, 6.45) is 1.86. The largest absolute Gasteiger partial charge is 0.497 e. The highest BCUT2D eigenvalue weighted by molar-refractivity contribution is 5.62. The summed E-state index contributed by atoms with van der Waals surface area (Å²) in [5.74, 6) is 2.07. The molecule has 0 saturated carbocycles. The van der Waals surface area contributed by atoms with Crippen molar-refractivity contribution in [3.63, 3.8) is 0 Å². The van der Waals surface area contributed by atoms with E-state index in [9.17, 15) is 0 Å². The monoisotopic (exact) mass is 255 g/mol. The van der Waals surface area contributed by atoms with Crippen LogP contribution in [-0.4, -0.2) is 28.8 Å². The van der Waals surface area contributed by atoms with E-state index in [0.717, 1.165) is 11.2 Å². The van der Waals surface area contributed by atoms with E-state index in [-0.39, 0.29) is 0 Å². The minimum absolute atomic E-state index is 0.642. The molecule has 19 heavy (non-hydrogen) atoms. The lowest BCUT2D eigenvalue weighted by Crippen LogP contribution is -1.90. The van der Waals surface area contributed by atoms with Crippen molar-refractivity contribution in [3.8, 4) is 22.9 Å². The van der Waals surface area contributed by atoms with Crippen LogP contribution in [0.25, 0.3) is 17.0 Å². The molecular formula is C14H13N3O2. The highest BCUT2D eigenvalue weighted by Crippen LogP contribution is 2.28. The lowest BCUT2D eigenvalue weighted by Gasteiger charge is -2.05. The maximum absolute atomic E-state index is 5.25. The molecule has 3 rings (SSSR count). The number of hydrogen-bond acceptors (Lipinski definition) is 4. The Kier molecular flexibility index (Phi) is 2.79. The number of pyridine rings is 1. The first-order valence-electron chi connectivity index (χ1n) is 5.85. The summed E-state index contributed by atoms with van der Waals surface area (Å²) in [5.41, 5.74) is 1.67. The SMILES string of the molecule is COc1cc(OC)cc(-c2nc3ccccn3n2)c1. The molecule has 96 valence electrons. The third-order valence-corrected chi connectivity index (χ3v) is 2.85. The fraction of sp³-hybridized carbons (Fsp3) is 0.143. The smallest absolute Gasteiger partial charge is 0.182 e. The van der Waals surface area contributed by atoms with Crippen LogP contribution < -0.4 is 9.47 Å². The van der Waals surface area contributed by atoms with Gasteiger partial charge in [0, 0.05) is 17.8 Å². The van der Waals surface area contributed by atoms with E-state index in [1.807, 2.05) is 42.6 Å². The van der Waals surface area contributed by atoms with Crippen LogP contribution in [0.5, 0.6) is 11.5 Å². The quantitative estimate of drug-likeness (QED) is 0.721. The van der Waals surface area contributed by atoms with Gasteiger partial charge in [-0.25, -0.2) is 9.50 Å². The first kappa shape index (κ1) is 11.5. The van der Waals surface area contributed by atoms with Gasteiger partial charge in [0.05, 0.1) is 14.2 Å². The lowest BCUT2D eigenvalue weighted by atomic mass is 10.2. The van der Waals surface area contributed by atoms with Gasteiger partial charge in [-0.05, 0) is 24.3 Å². The van der Waals surface area contributed by atoms with Gasteiger partial charge in [-0.1, -0.05) is 6.07 Å². The maximum Gasteiger partial charge on any atom is 0.182 e. The molecule has 0 spiro atoms. The summed E-state index contributed by atoms with van der Waals surface area (Å²) < 4.78 is 12.2. The number of ether oxygens (including phenoxy) is 2. The Balaban J connectivity index is 2.14. The van der Waals surface area contributed by atoms with Crippen molar-refractivity contribution in [3.05, 3.63) is 42.6 Å². The minimum atomic E-state index is 0.642. The van der Waals surface area contributed by atoms with Crippen molar-refractivity contribution in [1.29, 1.82) is 0 Å². The molecule has 0 aliphatic rings. The van der Waals surface area contributed by atoms with Crippen molar-refractivity contribution >= 4 is 5.65 Å². The fourth-order valence-electron chi connectivity index (χ4n) is 1.89. The molecule has 0 atom stereocenters. The van der Waals surface area contributed by atoms with Crippen LogP contribution in [0.1, 0.15) is 0 Å². The van der Waals surface area contributed by atoms with Crippen LogP contribution in [0.15, 0.2) is 42.6 Å². The third-order valence-electron chi connectivity index (χ3n) is 2.85. The molecule has 2 aromatic heterocycles. The number of hydrogen-bond donors (Lipinski definition) is 0. The molecule has 0 fully saturated rings. The van der Waals surface area contributed by atoms with Crippen molar-refractivity contribution in [1.82, 2.24) is 14.6 Å². The zero-order valence-corrected chi connectivity index (χ0v) is 10.7. The molecule has 0 aliphatic heterocycles. The highest BCUT2D eigenvalue weighted by atomic mass is 16.5. The predicted molar refractivity (Wildman–Crippen MR) is 71.5 cm³/mol. The minimum Gasteiger partial charge on any atom is -0.497 e. The second-order valence-electron chi connectivity index (χ2n) is 4.04. The normalized spacial score (nSPS) is 10.6. The Morgan fingerprint density at radius 3 is 2.37 bits per heavy atom. The first-order chi connectivity index (χ1) is 9.30. The molecule has 1 aromatic carbocycles. The van der Waals surface area contributed by atoms with E-state index >= 15 is 0 Å².